The fourth-order valence-corrected chi connectivity index (χ4v) is 1.94. The van der Waals surface area contributed by atoms with E-state index >= 15 is 0 Å². The normalized spacial score (nSPS) is 18.9. The monoisotopic (exact) mass is 227 g/mol. The molecule has 1 aliphatic heterocycles. The van der Waals surface area contributed by atoms with Gasteiger partial charge in [0.05, 0.1) is 6.04 Å². The van der Waals surface area contributed by atoms with E-state index < -0.39 is 0 Å². The maximum Gasteiger partial charge on any atom is 0.239 e. The number of unbranched alkanes of at least 4 members (excludes halogenated alkanes) is 1. The second-order valence-electron chi connectivity index (χ2n) is 4.59. The van der Waals surface area contributed by atoms with Gasteiger partial charge in [0.25, 0.3) is 0 Å². The van der Waals surface area contributed by atoms with Gasteiger partial charge in [0.1, 0.15) is 0 Å². The molecule has 0 saturated carbocycles. The molecule has 1 heterocycles. The van der Waals surface area contributed by atoms with Crippen LogP contribution < -0.4 is 5.32 Å². The van der Waals surface area contributed by atoms with E-state index in [1.165, 1.54) is 6.42 Å². The summed E-state index contributed by atoms with van der Waals surface area (Å²) in [6.07, 6.45) is 2.34. The summed E-state index contributed by atoms with van der Waals surface area (Å²) in [7, 11) is 2.04. The first-order chi connectivity index (χ1) is 7.66. The third-order valence-electron chi connectivity index (χ3n) is 3.31. The molecule has 0 radical (unpaired) electrons. The van der Waals surface area contributed by atoms with Crippen molar-refractivity contribution in [2.45, 2.75) is 32.7 Å². The molecule has 1 saturated heterocycles. The van der Waals surface area contributed by atoms with Crippen molar-refractivity contribution < 1.29 is 4.79 Å². The van der Waals surface area contributed by atoms with Crippen LogP contribution >= 0.6 is 0 Å². The highest BCUT2D eigenvalue weighted by Gasteiger charge is 2.24. The number of hydrogen-bond acceptors (Lipinski definition) is 3. The third kappa shape index (κ3) is 3.76. The summed E-state index contributed by atoms with van der Waals surface area (Å²) in [5.41, 5.74) is 0. The predicted octanol–water partition coefficient (Wildman–Crippen LogP) is 0.539. The van der Waals surface area contributed by atoms with Crippen molar-refractivity contribution in [2.75, 3.05) is 39.8 Å². The van der Waals surface area contributed by atoms with Crippen LogP contribution in [0.4, 0.5) is 0 Å². The first kappa shape index (κ1) is 13.5. The third-order valence-corrected chi connectivity index (χ3v) is 3.31. The maximum absolute atomic E-state index is 12.2. The standard InChI is InChI=1S/C12H25N3O/c1-4-5-8-14(3)11(2)12(16)15-9-6-13-7-10-15/h11,13H,4-10H2,1-3H3. The van der Waals surface area contributed by atoms with Gasteiger partial charge in [-0.2, -0.15) is 0 Å². The number of rotatable bonds is 5. The highest BCUT2D eigenvalue weighted by molar-refractivity contribution is 5.81. The molecule has 0 aliphatic carbocycles. The first-order valence-corrected chi connectivity index (χ1v) is 6.36. The fourth-order valence-electron chi connectivity index (χ4n) is 1.94. The molecule has 0 aromatic carbocycles. The Morgan fingerprint density at radius 1 is 1.44 bits per heavy atom. The molecule has 0 spiro atoms. The van der Waals surface area contributed by atoms with E-state index in [4.69, 9.17) is 0 Å². The Labute approximate surface area is 99.0 Å². The average molecular weight is 227 g/mol. The zero-order valence-corrected chi connectivity index (χ0v) is 10.8. The van der Waals surface area contributed by atoms with Crippen molar-refractivity contribution in [3.63, 3.8) is 0 Å². The van der Waals surface area contributed by atoms with Crippen LogP contribution in [0.5, 0.6) is 0 Å². The Bertz CT molecular complexity index is 214. The number of nitrogens with one attached hydrogen (secondary N) is 1. The van der Waals surface area contributed by atoms with Gasteiger partial charge in [-0.1, -0.05) is 13.3 Å². The summed E-state index contributed by atoms with van der Waals surface area (Å²) >= 11 is 0. The molecule has 1 amide bonds. The molecule has 16 heavy (non-hydrogen) atoms. The van der Waals surface area contributed by atoms with Crippen LogP contribution in [0.2, 0.25) is 0 Å². The minimum atomic E-state index is 0.0182. The molecule has 0 aromatic heterocycles. The van der Waals surface area contributed by atoms with Gasteiger partial charge in [-0.25, -0.2) is 0 Å². The molecule has 1 aliphatic rings. The molecule has 1 atom stereocenters. The lowest BCUT2D eigenvalue weighted by molar-refractivity contribution is -0.136. The van der Waals surface area contributed by atoms with Crippen LogP contribution in [0.25, 0.3) is 0 Å². The van der Waals surface area contributed by atoms with E-state index in [1.807, 2.05) is 18.9 Å². The van der Waals surface area contributed by atoms with Gasteiger partial charge in [0.2, 0.25) is 5.91 Å². The van der Waals surface area contributed by atoms with Gasteiger partial charge < -0.3 is 10.2 Å². The van der Waals surface area contributed by atoms with Gasteiger partial charge in [0, 0.05) is 26.2 Å². The average Bonchev–Trinajstić information content (AvgIpc) is 2.35. The minimum Gasteiger partial charge on any atom is -0.339 e. The molecule has 1 rings (SSSR count). The fraction of sp³-hybridized carbons (Fsp3) is 0.917. The van der Waals surface area contributed by atoms with Crippen LogP contribution in [0, 0.1) is 0 Å². The quantitative estimate of drug-likeness (QED) is 0.744. The summed E-state index contributed by atoms with van der Waals surface area (Å²) in [6, 6.07) is 0.0182. The van der Waals surface area contributed by atoms with Gasteiger partial charge in [-0.15, -0.1) is 0 Å². The van der Waals surface area contributed by atoms with Crippen molar-refractivity contribution in [3.05, 3.63) is 0 Å². The molecule has 1 N–H and O–H groups in total. The minimum absolute atomic E-state index is 0.0182. The Hall–Kier alpha value is -0.610. The number of carbonyl (C=O) groups is 1. The zero-order chi connectivity index (χ0) is 12.0. The highest BCUT2D eigenvalue weighted by Crippen LogP contribution is 2.04. The van der Waals surface area contributed by atoms with Crippen LogP contribution in [0.1, 0.15) is 26.7 Å². The molecular weight excluding hydrogens is 202 g/mol. The lowest BCUT2D eigenvalue weighted by Crippen LogP contribution is -2.52. The maximum atomic E-state index is 12.2. The van der Waals surface area contributed by atoms with Gasteiger partial charge in [-0.3, -0.25) is 9.69 Å². The van der Waals surface area contributed by atoms with Crippen LogP contribution in [0.15, 0.2) is 0 Å². The molecular formula is C12H25N3O. The number of piperazine rings is 1. The predicted molar refractivity (Wildman–Crippen MR) is 66.4 cm³/mol. The van der Waals surface area contributed by atoms with Crippen molar-refractivity contribution in [1.82, 2.24) is 15.1 Å². The van der Waals surface area contributed by atoms with Crippen LogP contribution in [0.3, 0.4) is 0 Å². The van der Waals surface area contributed by atoms with E-state index in [1.54, 1.807) is 0 Å². The molecule has 4 nitrogen and oxygen atoms in total. The van der Waals surface area contributed by atoms with E-state index in [0.29, 0.717) is 0 Å². The second kappa shape index (κ2) is 6.86. The number of amides is 1. The van der Waals surface area contributed by atoms with Crippen LogP contribution in [-0.2, 0) is 4.79 Å². The van der Waals surface area contributed by atoms with Crippen LogP contribution in [-0.4, -0.2) is 61.5 Å². The van der Waals surface area contributed by atoms with Gasteiger partial charge in [-0.05, 0) is 26.9 Å². The van der Waals surface area contributed by atoms with Crippen molar-refractivity contribution >= 4 is 5.91 Å². The summed E-state index contributed by atoms with van der Waals surface area (Å²) < 4.78 is 0. The molecule has 0 aromatic rings. The Balaban J connectivity index is 2.38. The summed E-state index contributed by atoms with van der Waals surface area (Å²) in [5, 5.41) is 3.26. The lowest BCUT2D eigenvalue weighted by atomic mass is 10.2. The number of carbonyl (C=O) groups excluding carboxylic acids is 1. The summed E-state index contributed by atoms with van der Waals surface area (Å²) in [6.45, 7) is 8.76. The molecule has 1 fully saturated rings. The first-order valence-electron chi connectivity index (χ1n) is 6.36. The Kier molecular flexibility index (Phi) is 5.77. The largest absolute Gasteiger partial charge is 0.339 e. The van der Waals surface area contributed by atoms with Gasteiger partial charge in [0.15, 0.2) is 0 Å². The SMILES string of the molecule is CCCCN(C)C(C)C(=O)N1CCNCC1. The smallest absolute Gasteiger partial charge is 0.239 e. The van der Waals surface area contributed by atoms with Crippen molar-refractivity contribution in [1.29, 1.82) is 0 Å². The Morgan fingerprint density at radius 2 is 2.06 bits per heavy atom. The van der Waals surface area contributed by atoms with Crippen molar-refractivity contribution in [2.24, 2.45) is 0 Å². The number of hydrogen-bond donors (Lipinski definition) is 1. The van der Waals surface area contributed by atoms with E-state index in [-0.39, 0.29) is 11.9 Å². The zero-order valence-electron chi connectivity index (χ0n) is 10.8. The van der Waals surface area contributed by atoms with E-state index in [2.05, 4.69) is 17.1 Å². The Morgan fingerprint density at radius 3 is 2.62 bits per heavy atom. The lowest BCUT2D eigenvalue weighted by Gasteiger charge is -2.33. The molecule has 0 bridgehead atoms. The van der Waals surface area contributed by atoms with Crippen molar-refractivity contribution in [3.8, 4) is 0 Å². The topological polar surface area (TPSA) is 35.6 Å². The number of nitrogens with zero attached hydrogens (tertiary/aromatic N) is 2. The molecule has 94 valence electrons. The summed E-state index contributed by atoms with van der Waals surface area (Å²) in [5.74, 6) is 0.278. The molecule has 4 heteroatoms. The van der Waals surface area contributed by atoms with Gasteiger partial charge >= 0.3 is 0 Å². The second-order valence-corrected chi connectivity index (χ2v) is 4.59. The highest BCUT2D eigenvalue weighted by atomic mass is 16.2. The van der Waals surface area contributed by atoms with E-state index in [0.717, 1.165) is 39.1 Å². The molecule has 1 unspecified atom stereocenters. The summed E-state index contributed by atoms with van der Waals surface area (Å²) in [4.78, 5) is 16.3. The number of likely N-dealkylation sites (N-methyl/N-ethyl adjacent to an activating group) is 1. The van der Waals surface area contributed by atoms with E-state index in [9.17, 15) is 4.79 Å².